The normalized spacial score (nSPS) is 17.4. The van der Waals surface area contributed by atoms with Crippen molar-refractivity contribution in [2.75, 3.05) is 26.2 Å². The quantitative estimate of drug-likeness (QED) is 0.289. The maximum Gasteiger partial charge on any atom is 0.326 e. The Morgan fingerprint density at radius 2 is 2.11 bits per heavy atom. The topological polar surface area (TPSA) is 144 Å². The first-order valence-electron chi connectivity index (χ1n) is 12.1. The first-order valence-corrected chi connectivity index (χ1v) is 12.9. The SMILES string of the molecule is O=C(NCCN1CCCC1)c1ccc(-c2cc(=NC3CC3)n3nc/c(=C\c4[nH]c(=O)[nH]c4O)c3n2)s1. The zero-order valence-corrected chi connectivity index (χ0v) is 20.3. The lowest BCUT2D eigenvalue weighted by atomic mass is 10.3. The van der Waals surface area contributed by atoms with Gasteiger partial charge in [-0.25, -0.2) is 9.78 Å². The summed E-state index contributed by atoms with van der Waals surface area (Å²) < 4.78 is 1.66. The molecule has 1 saturated carbocycles. The number of nitrogens with one attached hydrogen (secondary N) is 3. The summed E-state index contributed by atoms with van der Waals surface area (Å²) in [5, 5.41) is 18.1. The van der Waals surface area contributed by atoms with Gasteiger partial charge in [0.1, 0.15) is 5.69 Å². The second-order valence-corrected chi connectivity index (χ2v) is 10.2. The van der Waals surface area contributed by atoms with Crippen molar-refractivity contribution in [3.63, 3.8) is 0 Å². The lowest BCUT2D eigenvalue weighted by molar-refractivity contribution is 0.0954. The average Bonchev–Trinajstić information content (AvgIpc) is 3.27. The zero-order valence-electron chi connectivity index (χ0n) is 19.5. The predicted octanol–water partition coefficient (Wildman–Crippen LogP) is 0.616. The highest BCUT2D eigenvalue weighted by Crippen LogP contribution is 2.27. The van der Waals surface area contributed by atoms with E-state index in [9.17, 15) is 14.7 Å². The van der Waals surface area contributed by atoms with Gasteiger partial charge in [0.2, 0.25) is 5.88 Å². The van der Waals surface area contributed by atoms with Crippen molar-refractivity contribution in [1.82, 2.24) is 34.8 Å². The smallest absolute Gasteiger partial charge is 0.326 e. The van der Waals surface area contributed by atoms with Crippen molar-refractivity contribution in [3.05, 3.63) is 56.2 Å². The van der Waals surface area contributed by atoms with E-state index < -0.39 is 5.69 Å². The van der Waals surface area contributed by atoms with Crippen LogP contribution in [0, 0.1) is 0 Å². The Balaban J connectivity index is 1.33. The number of aromatic nitrogens is 5. The van der Waals surface area contributed by atoms with Crippen molar-refractivity contribution < 1.29 is 9.90 Å². The molecule has 4 aromatic rings. The summed E-state index contributed by atoms with van der Waals surface area (Å²) in [6.45, 7) is 3.71. The van der Waals surface area contributed by atoms with Gasteiger partial charge >= 0.3 is 5.69 Å². The third-order valence-electron chi connectivity index (χ3n) is 6.37. The molecule has 11 nitrogen and oxygen atoms in total. The Morgan fingerprint density at radius 1 is 1.28 bits per heavy atom. The average molecular weight is 507 g/mol. The molecule has 1 saturated heterocycles. The molecule has 1 aliphatic heterocycles. The summed E-state index contributed by atoms with van der Waals surface area (Å²) in [7, 11) is 0. The van der Waals surface area contributed by atoms with Crippen LogP contribution in [-0.2, 0) is 0 Å². The number of carbonyl (C=O) groups is 1. The van der Waals surface area contributed by atoms with E-state index in [4.69, 9.17) is 9.98 Å². The van der Waals surface area contributed by atoms with Gasteiger partial charge in [0.15, 0.2) is 11.1 Å². The van der Waals surface area contributed by atoms with Crippen molar-refractivity contribution in [3.8, 4) is 16.5 Å². The van der Waals surface area contributed by atoms with Crippen LogP contribution >= 0.6 is 11.3 Å². The second-order valence-electron chi connectivity index (χ2n) is 9.15. The number of rotatable bonds is 7. The number of imidazole rings is 1. The van der Waals surface area contributed by atoms with E-state index in [2.05, 4.69) is 25.3 Å². The molecule has 1 aliphatic carbocycles. The lowest BCUT2D eigenvalue weighted by Gasteiger charge is -2.14. The van der Waals surface area contributed by atoms with Crippen molar-refractivity contribution in [2.45, 2.75) is 31.7 Å². The van der Waals surface area contributed by atoms with Gasteiger partial charge in [0, 0.05) is 24.4 Å². The van der Waals surface area contributed by atoms with Crippen LogP contribution in [0.5, 0.6) is 5.88 Å². The van der Waals surface area contributed by atoms with Gasteiger partial charge in [-0.3, -0.25) is 14.8 Å². The van der Waals surface area contributed by atoms with Crippen LogP contribution in [-0.4, -0.2) is 72.7 Å². The first kappa shape index (κ1) is 22.7. The van der Waals surface area contributed by atoms with Gasteiger partial charge in [-0.2, -0.15) is 9.61 Å². The molecule has 0 bridgehead atoms. The third-order valence-corrected chi connectivity index (χ3v) is 7.48. The van der Waals surface area contributed by atoms with E-state index in [1.165, 1.54) is 24.2 Å². The number of fused-ring (bicyclic) bond motifs is 1. The van der Waals surface area contributed by atoms with Crippen LogP contribution in [0.1, 0.15) is 41.0 Å². The number of amides is 1. The molecule has 5 heterocycles. The van der Waals surface area contributed by atoms with Gasteiger partial charge in [-0.15, -0.1) is 11.3 Å². The highest BCUT2D eigenvalue weighted by molar-refractivity contribution is 7.17. The molecule has 1 amide bonds. The van der Waals surface area contributed by atoms with Gasteiger partial charge in [0.05, 0.1) is 27.7 Å². The Hall–Kier alpha value is -3.77. The molecule has 12 heteroatoms. The van der Waals surface area contributed by atoms with Crippen LogP contribution < -0.4 is 21.7 Å². The highest BCUT2D eigenvalue weighted by atomic mass is 32.1. The number of aromatic hydroxyl groups is 1. The molecular formula is C24H26N8O3S. The summed E-state index contributed by atoms with van der Waals surface area (Å²) in [4.78, 5) is 42.6. The number of thiophene rings is 1. The van der Waals surface area contributed by atoms with Gasteiger partial charge in [0.25, 0.3) is 5.91 Å². The van der Waals surface area contributed by atoms with E-state index in [-0.39, 0.29) is 23.5 Å². The lowest BCUT2D eigenvalue weighted by Crippen LogP contribution is -2.33. The van der Waals surface area contributed by atoms with Crippen LogP contribution in [0.2, 0.25) is 0 Å². The Bertz CT molecular complexity index is 1600. The summed E-state index contributed by atoms with van der Waals surface area (Å²) in [6.07, 6.45) is 7.78. The third kappa shape index (κ3) is 4.69. The number of hydrogen-bond acceptors (Lipinski definition) is 8. The molecule has 4 aromatic heterocycles. The number of hydrogen-bond donors (Lipinski definition) is 4. The van der Waals surface area contributed by atoms with Crippen LogP contribution in [0.15, 0.2) is 34.2 Å². The summed E-state index contributed by atoms with van der Waals surface area (Å²) in [5.41, 5.74) is 1.64. The minimum atomic E-state index is -0.502. The predicted molar refractivity (Wildman–Crippen MR) is 135 cm³/mol. The molecule has 186 valence electrons. The molecule has 2 fully saturated rings. The van der Waals surface area contributed by atoms with E-state index in [0.717, 1.165) is 37.4 Å². The van der Waals surface area contributed by atoms with Gasteiger partial charge < -0.3 is 20.3 Å². The van der Waals surface area contributed by atoms with Gasteiger partial charge in [-0.05, 0) is 57.0 Å². The summed E-state index contributed by atoms with van der Waals surface area (Å²) in [6, 6.07) is 5.87. The molecule has 0 spiro atoms. The molecular weight excluding hydrogens is 480 g/mol. The summed E-state index contributed by atoms with van der Waals surface area (Å²) in [5.74, 6) is -0.336. The fraction of sp³-hybridized carbons (Fsp3) is 0.375. The number of H-pyrrole nitrogens is 2. The fourth-order valence-electron chi connectivity index (χ4n) is 4.34. The number of nitrogens with zero attached hydrogens (tertiary/aromatic N) is 5. The standard InChI is InChI=1S/C24H26N8O3S/c33-22-17(29-24(35)30-22)11-14-13-26-32-20(27-15-3-4-15)12-16(28-21(14)32)18-5-6-19(36-18)23(34)25-7-10-31-8-1-2-9-31/h5-6,11-13,15,33H,1-4,7-10H2,(H,25,34)(H2,29,30,35)/b14-11+,27-20?. The molecule has 0 radical (unpaired) electrons. The highest BCUT2D eigenvalue weighted by Gasteiger charge is 2.21. The molecule has 0 unspecified atom stereocenters. The van der Waals surface area contributed by atoms with Crippen molar-refractivity contribution >= 4 is 29.0 Å². The number of carbonyl (C=O) groups excluding carboxylic acids is 1. The molecule has 0 atom stereocenters. The molecule has 4 N–H and O–H groups in total. The van der Waals surface area contributed by atoms with Gasteiger partial charge in [-0.1, -0.05) is 0 Å². The number of likely N-dealkylation sites (tertiary alicyclic amines) is 1. The molecule has 6 rings (SSSR count). The molecule has 36 heavy (non-hydrogen) atoms. The molecule has 0 aromatic carbocycles. The summed E-state index contributed by atoms with van der Waals surface area (Å²) >= 11 is 1.38. The van der Waals surface area contributed by atoms with Crippen molar-refractivity contribution in [2.24, 2.45) is 4.99 Å². The number of aromatic amines is 2. The second kappa shape index (κ2) is 9.36. The van der Waals surface area contributed by atoms with Crippen molar-refractivity contribution in [1.29, 1.82) is 0 Å². The largest absolute Gasteiger partial charge is 0.493 e. The van der Waals surface area contributed by atoms with E-state index in [1.807, 2.05) is 18.2 Å². The zero-order chi connectivity index (χ0) is 24.6. The first-order chi connectivity index (χ1) is 17.5. The van der Waals surface area contributed by atoms with E-state index >= 15 is 0 Å². The fourth-order valence-corrected chi connectivity index (χ4v) is 5.22. The van der Waals surface area contributed by atoms with E-state index in [1.54, 1.807) is 16.8 Å². The van der Waals surface area contributed by atoms with Crippen LogP contribution in [0.25, 0.3) is 22.3 Å². The van der Waals surface area contributed by atoms with E-state index in [0.29, 0.717) is 33.5 Å². The maximum absolute atomic E-state index is 12.7. The Kier molecular flexibility index (Phi) is 5.89. The Labute approximate surface area is 209 Å². The minimum absolute atomic E-state index is 0.0836. The van der Waals surface area contributed by atoms with Crippen LogP contribution in [0.4, 0.5) is 0 Å². The molecule has 2 aliphatic rings. The maximum atomic E-state index is 12.7. The van der Waals surface area contributed by atoms with Crippen LogP contribution in [0.3, 0.4) is 0 Å². The Morgan fingerprint density at radius 3 is 2.86 bits per heavy atom. The monoisotopic (exact) mass is 506 g/mol. The minimum Gasteiger partial charge on any atom is -0.493 e.